The van der Waals surface area contributed by atoms with E-state index in [-0.39, 0.29) is 65.7 Å². The lowest BCUT2D eigenvalue weighted by Gasteiger charge is -2.36. The molecule has 5 rings (SSSR count). The molecule has 2 aliphatic rings. The van der Waals surface area contributed by atoms with Gasteiger partial charge in [0.25, 0.3) is 15.9 Å². The lowest BCUT2D eigenvalue weighted by Crippen LogP contribution is -2.47. The minimum atomic E-state index is -4.07. The molecule has 0 aliphatic carbocycles. The van der Waals surface area contributed by atoms with Crippen LogP contribution in [0.15, 0.2) is 45.8 Å². The van der Waals surface area contributed by atoms with Crippen molar-refractivity contribution in [2.75, 3.05) is 44.9 Å². The third kappa shape index (κ3) is 8.85. The Morgan fingerprint density at radius 2 is 1.84 bits per heavy atom. The van der Waals surface area contributed by atoms with Gasteiger partial charge in [-0.15, -0.1) is 0 Å². The van der Waals surface area contributed by atoms with Gasteiger partial charge in [0.15, 0.2) is 22.2 Å². The van der Waals surface area contributed by atoms with E-state index in [0.29, 0.717) is 25.4 Å². The average molecular weight is 701 g/mol. The Labute approximate surface area is 288 Å². The number of hydrogen-bond donors (Lipinski definition) is 2. The molecule has 0 bridgehead atoms. The van der Waals surface area contributed by atoms with Gasteiger partial charge in [-0.3, -0.25) is 14.4 Å². The zero-order chi connectivity index (χ0) is 35.3. The van der Waals surface area contributed by atoms with Crippen LogP contribution < -0.4 is 18.9 Å². The first-order chi connectivity index (χ1) is 23.4. The van der Waals surface area contributed by atoms with Gasteiger partial charge in [-0.05, 0) is 89.9 Å². The third-order valence-electron chi connectivity index (χ3n) is 8.92. The molecule has 2 aliphatic heterocycles. The van der Waals surface area contributed by atoms with Crippen molar-refractivity contribution < 1.29 is 41.8 Å². The van der Waals surface area contributed by atoms with Crippen LogP contribution in [-0.4, -0.2) is 92.8 Å². The summed E-state index contributed by atoms with van der Waals surface area (Å²) in [6.45, 7) is 10.9. The molecule has 3 aromatic rings. The van der Waals surface area contributed by atoms with E-state index in [1.165, 1.54) is 13.0 Å². The van der Waals surface area contributed by atoms with Crippen LogP contribution >= 0.6 is 0 Å². The Balaban J connectivity index is 1.41. The van der Waals surface area contributed by atoms with Crippen LogP contribution in [0, 0.1) is 19.8 Å². The van der Waals surface area contributed by atoms with E-state index in [4.69, 9.17) is 23.5 Å². The van der Waals surface area contributed by atoms with Crippen LogP contribution in [0.3, 0.4) is 0 Å². The summed E-state index contributed by atoms with van der Waals surface area (Å²) in [6.07, 6.45) is 2.00. The Kier molecular flexibility index (Phi) is 11.7. The second-order valence-electron chi connectivity index (χ2n) is 13.2. The smallest absolute Gasteiger partial charge is 0.267 e. The number of aliphatic hydroxyl groups is 1. The van der Waals surface area contributed by atoms with E-state index in [2.05, 4.69) is 14.8 Å². The molecule has 4 atom stereocenters. The zero-order valence-electron chi connectivity index (χ0n) is 29.1. The summed E-state index contributed by atoms with van der Waals surface area (Å²) in [5, 5.41) is 14.0. The van der Waals surface area contributed by atoms with Gasteiger partial charge in [-0.2, -0.15) is 0 Å². The summed E-state index contributed by atoms with van der Waals surface area (Å²) < 4.78 is 58.1. The Hall–Kier alpha value is -3.85. The van der Waals surface area contributed by atoms with E-state index in [9.17, 15) is 18.3 Å². The van der Waals surface area contributed by atoms with Gasteiger partial charge in [-0.1, -0.05) is 18.1 Å². The standard InChI is InChI=1S/C35H48N4O9S/c1-22-17-39(23(2)20-40)35(41)29-16-28(37-49(42,43)34-25(4)36-48-26(34)5)11-13-30(29)47-24(3)9-7-8-14-44-33(22)19-38(6)18-27-10-12-31-32(15-27)46-21-45-31/h10-13,15-16,22-24,33,37,40H,7-9,14,17-21H2,1-6H3/t22-,23+,24-,33+/m1/s1. The molecule has 0 spiro atoms. The number of anilines is 1. The van der Waals surface area contributed by atoms with Crippen LogP contribution in [0.25, 0.3) is 0 Å². The second-order valence-corrected chi connectivity index (χ2v) is 14.8. The number of hydrogen-bond acceptors (Lipinski definition) is 11. The van der Waals surface area contributed by atoms with Crippen LogP contribution in [0.1, 0.15) is 67.4 Å². The highest BCUT2D eigenvalue weighted by molar-refractivity contribution is 7.92. The monoisotopic (exact) mass is 700 g/mol. The number of benzene rings is 2. The van der Waals surface area contributed by atoms with E-state index in [0.717, 1.165) is 36.3 Å². The normalized spacial score (nSPS) is 21.2. The van der Waals surface area contributed by atoms with Crippen LogP contribution in [0.2, 0.25) is 0 Å². The van der Waals surface area contributed by atoms with Gasteiger partial charge >= 0.3 is 0 Å². The molecule has 268 valence electrons. The van der Waals surface area contributed by atoms with E-state index in [1.807, 2.05) is 39.1 Å². The molecule has 2 aromatic carbocycles. The number of carbonyl (C=O) groups excluding carboxylic acids is 1. The summed E-state index contributed by atoms with van der Waals surface area (Å²) in [7, 11) is -2.04. The molecule has 13 nitrogen and oxygen atoms in total. The first kappa shape index (κ1) is 36.4. The minimum Gasteiger partial charge on any atom is -0.490 e. The molecule has 49 heavy (non-hydrogen) atoms. The van der Waals surface area contributed by atoms with Crippen molar-refractivity contribution in [3.8, 4) is 17.2 Å². The van der Waals surface area contributed by atoms with Crippen LogP contribution in [0.5, 0.6) is 17.2 Å². The molecule has 0 fully saturated rings. The molecule has 0 unspecified atom stereocenters. The Bertz CT molecular complexity index is 1690. The van der Waals surface area contributed by atoms with Gasteiger partial charge < -0.3 is 33.5 Å². The fourth-order valence-corrected chi connectivity index (χ4v) is 7.62. The number of aryl methyl sites for hydroxylation is 2. The number of likely N-dealkylation sites (N-methyl/N-ethyl adjacent to an activating group) is 1. The number of fused-ring (bicyclic) bond motifs is 2. The van der Waals surface area contributed by atoms with Crippen molar-refractivity contribution in [3.05, 3.63) is 59.0 Å². The topological polar surface area (TPSA) is 153 Å². The summed E-state index contributed by atoms with van der Waals surface area (Å²) >= 11 is 0. The largest absolute Gasteiger partial charge is 0.490 e. The maximum atomic E-state index is 14.4. The number of aromatic nitrogens is 1. The van der Waals surface area contributed by atoms with Crippen molar-refractivity contribution in [1.29, 1.82) is 0 Å². The molecule has 1 amide bonds. The van der Waals surface area contributed by atoms with E-state index in [1.54, 1.807) is 30.9 Å². The molecular formula is C35H48N4O9S. The second kappa shape index (κ2) is 15.8. The molecular weight excluding hydrogens is 652 g/mol. The number of aliphatic hydroxyl groups excluding tert-OH is 1. The van der Waals surface area contributed by atoms with Crippen LogP contribution in [-0.2, 0) is 21.3 Å². The first-order valence-electron chi connectivity index (χ1n) is 16.7. The molecule has 0 saturated carbocycles. The maximum Gasteiger partial charge on any atom is 0.267 e. The highest BCUT2D eigenvalue weighted by Gasteiger charge is 2.31. The molecule has 3 heterocycles. The molecule has 2 N–H and O–H groups in total. The number of carbonyl (C=O) groups is 1. The fourth-order valence-electron chi connectivity index (χ4n) is 6.24. The van der Waals surface area contributed by atoms with Gasteiger partial charge in [0.1, 0.15) is 11.4 Å². The summed E-state index contributed by atoms with van der Waals surface area (Å²) in [5.74, 6) is 1.46. The van der Waals surface area contributed by atoms with E-state index < -0.39 is 22.0 Å². The maximum absolute atomic E-state index is 14.4. The number of nitrogens with one attached hydrogen (secondary N) is 1. The number of nitrogens with zero attached hydrogens (tertiary/aromatic N) is 3. The van der Waals surface area contributed by atoms with Gasteiger partial charge in [0.2, 0.25) is 6.79 Å². The zero-order valence-corrected chi connectivity index (χ0v) is 29.9. The number of ether oxygens (including phenoxy) is 4. The van der Waals surface area contributed by atoms with Crippen molar-refractivity contribution >= 4 is 21.6 Å². The van der Waals surface area contributed by atoms with Crippen molar-refractivity contribution in [2.24, 2.45) is 5.92 Å². The number of amides is 1. The quantitative estimate of drug-likeness (QED) is 0.318. The van der Waals surface area contributed by atoms with Crippen molar-refractivity contribution in [3.63, 3.8) is 0 Å². The third-order valence-corrected chi connectivity index (χ3v) is 10.5. The van der Waals surface area contributed by atoms with Gasteiger partial charge in [0, 0.05) is 37.8 Å². The summed E-state index contributed by atoms with van der Waals surface area (Å²) in [6, 6.07) is 10.1. The lowest BCUT2D eigenvalue weighted by atomic mass is 10.0. The molecule has 14 heteroatoms. The number of sulfonamides is 1. The Morgan fingerprint density at radius 3 is 2.57 bits per heavy atom. The molecule has 0 radical (unpaired) electrons. The first-order valence-corrected chi connectivity index (χ1v) is 18.2. The van der Waals surface area contributed by atoms with Crippen LogP contribution in [0.4, 0.5) is 5.69 Å². The summed E-state index contributed by atoms with van der Waals surface area (Å²) in [4.78, 5) is 18.2. The average Bonchev–Trinajstić information content (AvgIpc) is 3.67. The minimum absolute atomic E-state index is 0.0531. The highest BCUT2D eigenvalue weighted by atomic mass is 32.2. The molecule has 1 aromatic heterocycles. The molecule has 0 saturated heterocycles. The summed E-state index contributed by atoms with van der Waals surface area (Å²) in [5.41, 5.74) is 1.68. The highest BCUT2D eigenvalue weighted by Crippen LogP contribution is 2.33. The lowest BCUT2D eigenvalue weighted by molar-refractivity contribution is -0.0177. The van der Waals surface area contributed by atoms with E-state index >= 15 is 0 Å². The Morgan fingerprint density at radius 1 is 1.08 bits per heavy atom. The fraction of sp³-hybridized carbons (Fsp3) is 0.543. The SMILES string of the molecule is Cc1noc(C)c1S(=O)(=O)Nc1ccc2c(c1)C(=O)N([C@@H](C)CO)C[C@@H](C)[C@H](CN(C)Cc1ccc3c(c1)OCO3)OCCCC[C@@H](C)O2. The van der Waals surface area contributed by atoms with Gasteiger partial charge in [-0.25, -0.2) is 8.42 Å². The van der Waals surface area contributed by atoms with Gasteiger partial charge in [0.05, 0.1) is 30.4 Å². The van der Waals surface area contributed by atoms with Crippen molar-refractivity contribution in [2.45, 2.75) is 83.6 Å². The number of rotatable bonds is 9. The predicted molar refractivity (Wildman–Crippen MR) is 183 cm³/mol. The van der Waals surface area contributed by atoms with Crippen molar-refractivity contribution in [1.82, 2.24) is 15.0 Å². The predicted octanol–water partition coefficient (Wildman–Crippen LogP) is 4.75.